The summed E-state index contributed by atoms with van der Waals surface area (Å²) in [6.45, 7) is 8.21. The van der Waals surface area contributed by atoms with Gasteiger partial charge in [-0.2, -0.15) is 0 Å². The van der Waals surface area contributed by atoms with Crippen molar-refractivity contribution >= 4 is 5.82 Å². The Hall–Kier alpha value is -1.32. The van der Waals surface area contributed by atoms with E-state index in [9.17, 15) is 4.79 Å². The van der Waals surface area contributed by atoms with Crippen LogP contribution < -0.4 is 10.9 Å². The van der Waals surface area contributed by atoms with Gasteiger partial charge in [-0.15, -0.1) is 0 Å². The summed E-state index contributed by atoms with van der Waals surface area (Å²) >= 11 is 0. The first-order chi connectivity index (χ1) is 7.02. The average Bonchev–Trinajstić information content (AvgIpc) is 2.12. The van der Waals surface area contributed by atoms with E-state index in [1.807, 2.05) is 0 Å². The van der Waals surface area contributed by atoms with Crippen molar-refractivity contribution in [3.63, 3.8) is 0 Å². The largest absolute Gasteiger partial charge is 0.367 e. The van der Waals surface area contributed by atoms with Crippen molar-refractivity contribution in [3.8, 4) is 0 Å². The minimum atomic E-state index is -0.108. The maximum atomic E-state index is 11.2. The number of nitrogens with zero attached hydrogens (tertiary/aromatic N) is 1. The molecule has 1 aromatic rings. The van der Waals surface area contributed by atoms with Gasteiger partial charge in [0, 0.05) is 12.1 Å². The first-order valence-corrected chi connectivity index (χ1v) is 5.37. The van der Waals surface area contributed by atoms with Crippen molar-refractivity contribution in [2.75, 3.05) is 5.32 Å². The number of nitrogens with one attached hydrogen (secondary N) is 2. The Labute approximate surface area is 90.1 Å². The molecule has 0 aliphatic heterocycles. The third-order valence-corrected chi connectivity index (χ3v) is 2.44. The predicted octanol–water partition coefficient (Wildman–Crippen LogP) is 1.92. The molecule has 1 rings (SSSR count). The number of hydrogen-bond acceptors (Lipinski definition) is 3. The molecule has 1 aromatic heterocycles. The number of aromatic nitrogens is 2. The summed E-state index contributed by atoms with van der Waals surface area (Å²) in [4.78, 5) is 18.1. The summed E-state index contributed by atoms with van der Waals surface area (Å²) in [6.07, 6.45) is 1.02. The van der Waals surface area contributed by atoms with Gasteiger partial charge in [0.2, 0.25) is 0 Å². The van der Waals surface area contributed by atoms with E-state index in [1.54, 1.807) is 6.92 Å². The molecule has 0 aliphatic carbocycles. The molecule has 15 heavy (non-hydrogen) atoms. The van der Waals surface area contributed by atoms with Gasteiger partial charge in [0.1, 0.15) is 11.6 Å². The third-order valence-electron chi connectivity index (χ3n) is 2.44. The van der Waals surface area contributed by atoms with Crippen LogP contribution in [-0.4, -0.2) is 16.0 Å². The standard InChI is InChI=1S/C11H19N3O/c1-5-9(7(2)3)14-10-6-11(15)13-8(4)12-10/h6-7,9H,5H2,1-4H3,(H2,12,13,14,15). The highest BCUT2D eigenvalue weighted by molar-refractivity contribution is 5.34. The monoisotopic (exact) mass is 209 g/mol. The summed E-state index contributed by atoms with van der Waals surface area (Å²) in [5.41, 5.74) is -0.108. The highest BCUT2D eigenvalue weighted by atomic mass is 16.1. The Bertz CT molecular complexity index is 370. The van der Waals surface area contributed by atoms with E-state index in [0.717, 1.165) is 6.42 Å². The number of aromatic amines is 1. The number of hydrogen-bond donors (Lipinski definition) is 2. The lowest BCUT2D eigenvalue weighted by molar-refractivity contribution is 0.509. The molecule has 0 aliphatic rings. The van der Waals surface area contributed by atoms with Crippen LogP contribution in [0.15, 0.2) is 10.9 Å². The molecule has 0 amide bonds. The van der Waals surface area contributed by atoms with Crippen LogP contribution in [0.2, 0.25) is 0 Å². The lowest BCUT2D eigenvalue weighted by Gasteiger charge is -2.21. The molecule has 84 valence electrons. The van der Waals surface area contributed by atoms with E-state index in [4.69, 9.17) is 0 Å². The topological polar surface area (TPSA) is 57.8 Å². The summed E-state index contributed by atoms with van der Waals surface area (Å²) in [7, 11) is 0. The predicted molar refractivity (Wildman–Crippen MR) is 62.1 cm³/mol. The van der Waals surface area contributed by atoms with E-state index in [-0.39, 0.29) is 5.56 Å². The second kappa shape index (κ2) is 4.96. The average molecular weight is 209 g/mol. The van der Waals surface area contributed by atoms with Gasteiger partial charge >= 0.3 is 0 Å². The zero-order valence-electron chi connectivity index (χ0n) is 9.79. The summed E-state index contributed by atoms with van der Waals surface area (Å²) in [6, 6.07) is 1.86. The highest BCUT2D eigenvalue weighted by Gasteiger charge is 2.11. The zero-order valence-corrected chi connectivity index (χ0v) is 9.79. The van der Waals surface area contributed by atoms with Gasteiger partial charge in [-0.25, -0.2) is 4.98 Å². The molecule has 4 nitrogen and oxygen atoms in total. The van der Waals surface area contributed by atoms with Gasteiger partial charge in [-0.05, 0) is 19.3 Å². The Morgan fingerprint density at radius 3 is 2.67 bits per heavy atom. The van der Waals surface area contributed by atoms with Crippen molar-refractivity contribution in [3.05, 3.63) is 22.2 Å². The molecule has 2 N–H and O–H groups in total. The van der Waals surface area contributed by atoms with Crippen molar-refractivity contribution in [2.24, 2.45) is 5.92 Å². The molecule has 1 unspecified atom stereocenters. The van der Waals surface area contributed by atoms with Crippen LogP contribution in [0.1, 0.15) is 33.0 Å². The quantitative estimate of drug-likeness (QED) is 0.796. The fraction of sp³-hybridized carbons (Fsp3) is 0.636. The van der Waals surface area contributed by atoms with Crippen LogP contribution in [0.4, 0.5) is 5.82 Å². The smallest absolute Gasteiger partial charge is 0.252 e. The van der Waals surface area contributed by atoms with Crippen LogP contribution in [0.25, 0.3) is 0 Å². The molecule has 0 aromatic carbocycles. The van der Waals surface area contributed by atoms with Crippen molar-refractivity contribution < 1.29 is 0 Å². The molecular weight excluding hydrogens is 190 g/mol. The fourth-order valence-electron chi connectivity index (χ4n) is 1.58. The van der Waals surface area contributed by atoms with Crippen LogP contribution in [-0.2, 0) is 0 Å². The maximum absolute atomic E-state index is 11.2. The summed E-state index contributed by atoms with van der Waals surface area (Å²) < 4.78 is 0. The first-order valence-electron chi connectivity index (χ1n) is 5.37. The van der Waals surface area contributed by atoms with Crippen LogP contribution >= 0.6 is 0 Å². The maximum Gasteiger partial charge on any atom is 0.252 e. The van der Waals surface area contributed by atoms with Gasteiger partial charge in [0.25, 0.3) is 5.56 Å². The lowest BCUT2D eigenvalue weighted by Crippen LogP contribution is -2.26. The normalized spacial score (nSPS) is 12.9. The summed E-state index contributed by atoms with van der Waals surface area (Å²) in [5, 5.41) is 3.28. The number of H-pyrrole nitrogens is 1. The Morgan fingerprint density at radius 1 is 1.53 bits per heavy atom. The molecule has 4 heteroatoms. The van der Waals surface area contributed by atoms with Crippen molar-refractivity contribution in [1.82, 2.24) is 9.97 Å². The Balaban J connectivity index is 2.83. The molecule has 0 saturated carbocycles. The number of aryl methyl sites for hydroxylation is 1. The minimum Gasteiger partial charge on any atom is -0.367 e. The zero-order chi connectivity index (χ0) is 11.4. The minimum absolute atomic E-state index is 0.108. The van der Waals surface area contributed by atoms with Crippen molar-refractivity contribution in [2.45, 2.75) is 40.2 Å². The third kappa shape index (κ3) is 3.38. The molecule has 0 saturated heterocycles. The molecule has 0 bridgehead atoms. The number of anilines is 1. The second-order valence-corrected chi connectivity index (χ2v) is 4.12. The molecule has 0 spiro atoms. The Morgan fingerprint density at radius 2 is 2.20 bits per heavy atom. The second-order valence-electron chi connectivity index (χ2n) is 4.12. The molecule has 1 heterocycles. The van der Waals surface area contributed by atoms with Gasteiger partial charge in [-0.1, -0.05) is 20.8 Å². The van der Waals surface area contributed by atoms with Crippen LogP contribution in [0, 0.1) is 12.8 Å². The van der Waals surface area contributed by atoms with Gasteiger partial charge in [-0.3, -0.25) is 4.79 Å². The highest BCUT2D eigenvalue weighted by Crippen LogP contribution is 2.11. The van der Waals surface area contributed by atoms with Gasteiger partial charge in [0.15, 0.2) is 0 Å². The van der Waals surface area contributed by atoms with Gasteiger partial charge < -0.3 is 10.3 Å². The van der Waals surface area contributed by atoms with E-state index in [1.165, 1.54) is 6.07 Å². The van der Waals surface area contributed by atoms with E-state index < -0.39 is 0 Å². The molecule has 1 atom stereocenters. The van der Waals surface area contributed by atoms with E-state index >= 15 is 0 Å². The fourth-order valence-corrected chi connectivity index (χ4v) is 1.58. The number of rotatable bonds is 4. The van der Waals surface area contributed by atoms with Gasteiger partial charge in [0.05, 0.1) is 0 Å². The van der Waals surface area contributed by atoms with E-state index in [0.29, 0.717) is 23.6 Å². The Kier molecular flexibility index (Phi) is 3.88. The molecule has 0 radical (unpaired) electrons. The summed E-state index contributed by atoms with van der Waals surface area (Å²) in [5.74, 6) is 1.83. The van der Waals surface area contributed by atoms with Crippen LogP contribution in [0.5, 0.6) is 0 Å². The van der Waals surface area contributed by atoms with Crippen LogP contribution in [0.3, 0.4) is 0 Å². The molecular formula is C11H19N3O. The SMILES string of the molecule is CCC(Nc1cc(=O)[nH]c(C)n1)C(C)C. The van der Waals surface area contributed by atoms with E-state index in [2.05, 4.69) is 36.1 Å². The van der Waals surface area contributed by atoms with Crippen molar-refractivity contribution in [1.29, 1.82) is 0 Å². The molecule has 0 fully saturated rings. The first kappa shape index (κ1) is 11.8. The lowest BCUT2D eigenvalue weighted by atomic mass is 10.0.